The lowest BCUT2D eigenvalue weighted by Gasteiger charge is -2.24. The molecule has 1 aromatic carbocycles. The van der Waals surface area contributed by atoms with Gasteiger partial charge in [-0.3, -0.25) is 24.0 Å². The maximum absolute atomic E-state index is 12.6. The second-order valence-corrected chi connectivity index (χ2v) is 7.78. The minimum atomic E-state index is -1.73. The summed E-state index contributed by atoms with van der Waals surface area (Å²) in [6.45, 7) is -0.907. The van der Waals surface area contributed by atoms with Gasteiger partial charge < -0.3 is 47.8 Å². The highest BCUT2D eigenvalue weighted by Crippen LogP contribution is 2.11. The van der Waals surface area contributed by atoms with E-state index in [1.165, 1.54) is 24.3 Å². The number of aliphatic hydroxyl groups excluding tert-OH is 1. The molecule has 0 heterocycles. The molecule has 0 aliphatic carbocycles. The highest BCUT2D eigenvalue weighted by Gasteiger charge is 2.31. The van der Waals surface area contributed by atoms with E-state index in [1.54, 1.807) is 0 Å². The van der Waals surface area contributed by atoms with E-state index in [1.807, 2.05) is 5.32 Å². The third-order valence-corrected chi connectivity index (χ3v) is 4.84. The quantitative estimate of drug-likeness (QED) is 0.112. The predicted octanol–water partition coefficient (Wildman–Crippen LogP) is -3.47. The van der Waals surface area contributed by atoms with Crippen LogP contribution in [-0.2, 0) is 35.2 Å². The van der Waals surface area contributed by atoms with E-state index in [-0.39, 0.29) is 12.2 Å². The zero-order valence-electron chi connectivity index (χ0n) is 19.0. The van der Waals surface area contributed by atoms with Crippen LogP contribution in [0.25, 0.3) is 0 Å². The van der Waals surface area contributed by atoms with Crippen molar-refractivity contribution in [3.8, 4) is 5.75 Å². The number of carboxylic acids is 2. The van der Waals surface area contributed by atoms with Gasteiger partial charge in [0.15, 0.2) is 0 Å². The lowest BCUT2D eigenvalue weighted by Crippen LogP contribution is -2.58. The molecule has 36 heavy (non-hydrogen) atoms. The Morgan fingerprint density at radius 2 is 1.36 bits per heavy atom. The number of aliphatic hydroxyl groups is 1. The van der Waals surface area contributed by atoms with Crippen LogP contribution < -0.4 is 27.4 Å². The average Bonchev–Trinajstić information content (AvgIpc) is 2.80. The molecular weight excluding hydrogens is 482 g/mol. The minimum Gasteiger partial charge on any atom is -0.508 e. The van der Waals surface area contributed by atoms with Crippen LogP contribution in [0.2, 0.25) is 0 Å². The largest absolute Gasteiger partial charge is 0.508 e. The van der Waals surface area contributed by atoms with Crippen molar-refractivity contribution in [2.75, 3.05) is 6.61 Å². The van der Waals surface area contributed by atoms with Crippen molar-refractivity contribution < 1.29 is 49.2 Å². The van der Waals surface area contributed by atoms with Gasteiger partial charge in [-0.2, -0.15) is 0 Å². The number of hydrogen-bond acceptors (Lipinski definition) is 9. The van der Waals surface area contributed by atoms with Gasteiger partial charge in [-0.05, 0) is 30.5 Å². The molecule has 4 amide bonds. The Morgan fingerprint density at radius 1 is 0.833 bits per heavy atom. The molecule has 0 fully saturated rings. The standard InChI is InChI=1S/C21H29N5O10/c22-12(7-10-1-3-11(28)4-2-10)18(32)26-15(9-27)20(34)24-13(5-6-17(30)31)19(33)25-14(21(35)36)8-16(23)29/h1-4,12-15,27-28H,5-9,22H2,(H2,23,29)(H,24,34)(H,25,33)(H,26,32)(H,30,31)(H,35,36). The van der Waals surface area contributed by atoms with Gasteiger partial charge in [0, 0.05) is 6.42 Å². The van der Waals surface area contributed by atoms with Gasteiger partial charge in [0.1, 0.15) is 23.9 Å². The zero-order valence-corrected chi connectivity index (χ0v) is 19.0. The number of rotatable bonds is 15. The van der Waals surface area contributed by atoms with Crippen molar-refractivity contribution in [1.29, 1.82) is 0 Å². The molecule has 4 atom stereocenters. The highest BCUT2D eigenvalue weighted by atomic mass is 16.4. The van der Waals surface area contributed by atoms with Gasteiger partial charge in [0.05, 0.1) is 19.1 Å². The number of benzene rings is 1. The summed E-state index contributed by atoms with van der Waals surface area (Å²) in [4.78, 5) is 70.8. The third-order valence-electron chi connectivity index (χ3n) is 4.84. The second-order valence-electron chi connectivity index (χ2n) is 7.78. The van der Waals surface area contributed by atoms with Crippen LogP contribution >= 0.6 is 0 Å². The minimum absolute atomic E-state index is 0.0135. The van der Waals surface area contributed by atoms with Gasteiger partial charge in [0.2, 0.25) is 23.6 Å². The van der Waals surface area contributed by atoms with Crippen LogP contribution in [0, 0.1) is 0 Å². The van der Waals surface area contributed by atoms with Crippen LogP contribution in [0.5, 0.6) is 5.75 Å². The molecule has 0 radical (unpaired) electrons. The van der Waals surface area contributed by atoms with Gasteiger partial charge in [0.25, 0.3) is 0 Å². The number of phenolic OH excluding ortho intramolecular Hbond substituents is 1. The number of hydrogen-bond donors (Lipinski definition) is 9. The lowest BCUT2D eigenvalue weighted by molar-refractivity contribution is -0.144. The first kappa shape index (κ1) is 29.8. The predicted molar refractivity (Wildman–Crippen MR) is 121 cm³/mol. The fraction of sp³-hybridized carbons (Fsp3) is 0.429. The molecule has 1 rings (SSSR count). The zero-order chi connectivity index (χ0) is 27.4. The number of carbonyl (C=O) groups excluding carboxylic acids is 4. The van der Waals surface area contributed by atoms with Crippen molar-refractivity contribution in [1.82, 2.24) is 16.0 Å². The highest BCUT2D eigenvalue weighted by molar-refractivity contribution is 5.95. The summed E-state index contributed by atoms with van der Waals surface area (Å²) < 4.78 is 0. The van der Waals surface area contributed by atoms with Crippen LogP contribution in [0.15, 0.2) is 24.3 Å². The van der Waals surface area contributed by atoms with Gasteiger partial charge in [-0.15, -0.1) is 0 Å². The number of aliphatic carboxylic acids is 2. The van der Waals surface area contributed by atoms with E-state index in [9.17, 15) is 39.0 Å². The molecule has 198 valence electrons. The number of amides is 4. The molecule has 0 saturated carbocycles. The maximum Gasteiger partial charge on any atom is 0.326 e. The van der Waals surface area contributed by atoms with Gasteiger partial charge in [-0.25, -0.2) is 4.79 Å². The number of primary amides is 1. The molecule has 1 aromatic rings. The molecule has 11 N–H and O–H groups in total. The van der Waals surface area contributed by atoms with Crippen molar-refractivity contribution in [2.45, 2.75) is 49.9 Å². The number of carbonyl (C=O) groups is 6. The van der Waals surface area contributed by atoms with Crippen LogP contribution in [0.3, 0.4) is 0 Å². The number of aromatic hydroxyl groups is 1. The smallest absolute Gasteiger partial charge is 0.326 e. The molecule has 0 spiro atoms. The number of nitrogens with two attached hydrogens (primary N) is 2. The van der Waals surface area contributed by atoms with Crippen molar-refractivity contribution in [3.05, 3.63) is 29.8 Å². The van der Waals surface area contributed by atoms with Crippen LogP contribution in [0.1, 0.15) is 24.8 Å². The van der Waals surface area contributed by atoms with Gasteiger partial charge in [-0.1, -0.05) is 12.1 Å². The first-order valence-electron chi connectivity index (χ1n) is 10.6. The first-order chi connectivity index (χ1) is 16.8. The normalized spacial score (nSPS) is 13.9. The Balaban J connectivity index is 2.88. The molecule has 0 saturated heterocycles. The van der Waals surface area contributed by atoms with Crippen LogP contribution in [0.4, 0.5) is 0 Å². The average molecular weight is 511 g/mol. The first-order valence-corrected chi connectivity index (χ1v) is 10.6. The summed E-state index contributed by atoms with van der Waals surface area (Å²) in [5.41, 5.74) is 11.4. The third kappa shape index (κ3) is 10.4. The number of phenols is 1. The number of nitrogens with one attached hydrogen (secondary N) is 3. The molecule has 0 aliphatic rings. The monoisotopic (exact) mass is 511 g/mol. The van der Waals surface area contributed by atoms with E-state index < -0.39 is 85.6 Å². The summed E-state index contributed by atoms with van der Waals surface area (Å²) in [6, 6.07) is -0.183. The summed E-state index contributed by atoms with van der Waals surface area (Å²) in [6.07, 6.45) is -1.79. The van der Waals surface area contributed by atoms with E-state index in [2.05, 4.69) is 10.6 Å². The van der Waals surface area contributed by atoms with Crippen molar-refractivity contribution in [2.24, 2.45) is 11.5 Å². The SMILES string of the molecule is NC(=O)CC(NC(=O)C(CCC(=O)O)NC(=O)C(CO)NC(=O)C(N)Cc1ccc(O)cc1)C(=O)O. The fourth-order valence-corrected chi connectivity index (χ4v) is 2.93. The van der Waals surface area contributed by atoms with E-state index >= 15 is 0 Å². The van der Waals surface area contributed by atoms with E-state index in [0.29, 0.717) is 5.56 Å². The van der Waals surface area contributed by atoms with Crippen LogP contribution in [-0.4, -0.2) is 86.8 Å². The Hall–Kier alpha value is -4.24. The van der Waals surface area contributed by atoms with Gasteiger partial charge >= 0.3 is 11.9 Å². The Morgan fingerprint density at radius 3 is 1.86 bits per heavy atom. The Labute approximate surface area is 204 Å². The van der Waals surface area contributed by atoms with Crippen molar-refractivity contribution >= 4 is 35.6 Å². The number of carboxylic acid groups (broad SMARTS) is 2. The topological polar surface area (TPSA) is 271 Å². The molecule has 15 nitrogen and oxygen atoms in total. The van der Waals surface area contributed by atoms with Crippen molar-refractivity contribution in [3.63, 3.8) is 0 Å². The maximum atomic E-state index is 12.6. The fourth-order valence-electron chi connectivity index (χ4n) is 2.93. The summed E-state index contributed by atoms with van der Waals surface area (Å²) in [5.74, 6) is -6.94. The van der Waals surface area contributed by atoms with E-state index in [4.69, 9.17) is 21.7 Å². The van der Waals surface area contributed by atoms with E-state index in [0.717, 1.165) is 0 Å². The Bertz CT molecular complexity index is 968. The summed E-state index contributed by atoms with van der Waals surface area (Å²) in [5, 5.41) is 43.3. The lowest BCUT2D eigenvalue weighted by atomic mass is 10.1. The molecular formula is C21H29N5O10. The molecule has 0 aliphatic heterocycles. The second kappa shape index (κ2) is 14.2. The summed E-state index contributed by atoms with van der Waals surface area (Å²) in [7, 11) is 0. The molecule has 0 bridgehead atoms. The Kier molecular flexibility index (Phi) is 11.8. The molecule has 0 aromatic heterocycles. The molecule has 15 heteroatoms. The summed E-state index contributed by atoms with van der Waals surface area (Å²) >= 11 is 0. The molecule has 4 unspecified atom stereocenters.